The molecule has 0 bridgehead atoms. The van der Waals surface area contributed by atoms with Crippen molar-refractivity contribution in [2.45, 2.75) is 12.8 Å². The highest BCUT2D eigenvalue weighted by molar-refractivity contribution is 9.10. The third kappa shape index (κ3) is 3.87. The lowest BCUT2D eigenvalue weighted by molar-refractivity contribution is 0.220. The predicted octanol–water partition coefficient (Wildman–Crippen LogP) is 3.58. The van der Waals surface area contributed by atoms with E-state index in [2.05, 4.69) is 35.8 Å². The summed E-state index contributed by atoms with van der Waals surface area (Å²) in [7, 11) is 0. The number of hydrogen-bond donors (Lipinski definition) is 0. The molecule has 1 aliphatic heterocycles. The van der Waals surface area contributed by atoms with Crippen LogP contribution in [0.1, 0.15) is 12.8 Å². The Morgan fingerprint density at radius 1 is 1.32 bits per heavy atom. The van der Waals surface area contributed by atoms with Gasteiger partial charge in [0.15, 0.2) is 0 Å². The molecule has 3 rings (SSSR count). The van der Waals surface area contributed by atoms with E-state index in [9.17, 15) is 0 Å². The van der Waals surface area contributed by atoms with Crippen LogP contribution in [0.3, 0.4) is 0 Å². The lowest BCUT2D eigenvalue weighted by Crippen LogP contribution is -2.38. The molecular formula is C15H16BrClN4O. The number of aromatic nitrogens is 3. The maximum absolute atomic E-state index is 5.96. The Kier molecular flexibility index (Phi) is 5.10. The molecule has 1 fully saturated rings. The van der Waals surface area contributed by atoms with Crippen molar-refractivity contribution in [1.82, 2.24) is 15.0 Å². The van der Waals surface area contributed by atoms with Gasteiger partial charge >= 0.3 is 0 Å². The Labute approximate surface area is 142 Å². The van der Waals surface area contributed by atoms with Crippen LogP contribution in [0.15, 0.2) is 35.3 Å². The number of rotatable bonds is 4. The molecule has 116 valence electrons. The van der Waals surface area contributed by atoms with E-state index in [1.807, 2.05) is 6.07 Å². The molecule has 0 saturated carbocycles. The molecule has 22 heavy (non-hydrogen) atoms. The average Bonchev–Trinajstić information content (AvgIpc) is 2.54. The van der Waals surface area contributed by atoms with Gasteiger partial charge in [-0.05, 0) is 34.8 Å². The van der Waals surface area contributed by atoms with E-state index in [0.29, 0.717) is 23.4 Å². The summed E-state index contributed by atoms with van der Waals surface area (Å²) in [6.07, 6.45) is 8.85. The minimum Gasteiger partial charge on any atom is -0.476 e. The van der Waals surface area contributed by atoms with Crippen LogP contribution in [0.25, 0.3) is 0 Å². The number of hydrogen-bond acceptors (Lipinski definition) is 5. The lowest BCUT2D eigenvalue weighted by atomic mass is 9.99. The molecule has 1 atom stereocenters. The SMILES string of the molecule is Clc1cnc(N2CCCC(COc3cnccn3)C2)c(Br)c1. The second-order valence-electron chi connectivity index (χ2n) is 5.27. The predicted molar refractivity (Wildman–Crippen MR) is 89.4 cm³/mol. The molecule has 1 unspecified atom stereocenters. The molecule has 0 aliphatic carbocycles. The molecule has 1 saturated heterocycles. The highest BCUT2D eigenvalue weighted by Crippen LogP contribution is 2.30. The van der Waals surface area contributed by atoms with Crippen LogP contribution in [0, 0.1) is 5.92 Å². The van der Waals surface area contributed by atoms with Gasteiger partial charge in [0.05, 0.1) is 22.3 Å². The Balaban J connectivity index is 1.61. The average molecular weight is 384 g/mol. The van der Waals surface area contributed by atoms with Gasteiger partial charge in [0.25, 0.3) is 0 Å². The van der Waals surface area contributed by atoms with E-state index < -0.39 is 0 Å². The van der Waals surface area contributed by atoms with Crippen molar-refractivity contribution in [2.24, 2.45) is 5.92 Å². The minimum atomic E-state index is 0.445. The van der Waals surface area contributed by atoms with Crippen LogP contribution < -0.4 is 9.64 Å². The molecule has 0 N–H and O–H groups in total. The van der Waals surface area contributed by atoms with Crippen molar-refractivity contribution in [3.05, 3.63) is 40.3 Å². The van der Waals surface area contributed by atoms with E-state index in [1.165, 1.54) is 0 Å². The number of pyridine rings is 1. The number of ether oxygens (including phenoxy) is 1. The molecule has 1 aliphatic rings. The van der Waals surface area contributed by atoms with Crippen LogP contribution in [0.2, 0.25) is 5.02 Å². The first-order chi connectivity index (χ1) is 10.7. The monoisotopic (exact) mass is 382 g/mol. The molecule has 5 nitrogen and oxygen atoms in total. The fraction of sp³-hybridized carbons (Fsp3) is 0.400. The number of piperidine rings is 1. The van der Waals surface area contributed by atoms with E-state index in [4.69, 9.17) is 16.3 Å². The molecule has 0 aromatic carbocycles. The van der Waals surface area contributed by atoms with Gasteiger partial charge in [-0.3, -0.25) is 4.98 Å². The summed E-state index contributed by atoms with van der Waals surface area (Å²) in [4.78, 5) is 14.8. The summed E-state index contributed by atoms with van der Waals surface area (Å²) in [6.45, 7) is 2.54. The second kappa shape index (κ2) is 7.24. The van der Waals surface area contributed by atoms with Crippen LogP contribution in [-0.4, -0.2) is 34.6 Å². The first kappa shape index (κ1) is 15.5. The highest BCUT2D eigenvalue weighted by atomic mass is 79.9. The van der Waals surface area contributed by atoms with Gasteiger partial charge in [-0.15, -0.1) is 0 Å². The number of nitrogens with zero attached hydrogens (tertiary/aromatic N) is 4. The van der Waals surface area contributed by atoms with E-state index >= 15 is 0 Å². The van der Waals surface area contributed by atoms with Gasteiger partial charge in [-0.2, -0.15) is 0 Å². The van der Waals surface area contributed by atoms with Crippen molar-refractivity contribution in [3.8, 4) is 5.88 Å². The van der Waals surface area contributed by atoms with Crippen molar-refractivity contribution in [3.63, 3.8) is 0 Å². The van der Waals surface area contributed by atoms with Gasteiger partial charge in [0, 0.05) is 37.6 Å². The second-order valence-corrected chi connectivity index (χ2v) is 6.56. The topological polar surface area (TPSA) is 51.1 Å². The van der Waals surface area contributed by atoms with Gasteiger partial charge in [0.2, 0.25) is 5.88 Å². The first-order valence-corrected chi connectivity index (χ1v) is 8.34. The standard InChI is InChI=1S/C15H16BrClN4O/c16-13-6-12(17)7-20-15(13)21-5-1-2-11(9-21)10-22-14-8-18-3-4-19-14/h3-4,6-8,11H,1-2,5,9-10H2. The molecular weight excluding hydrogens is 368 g/mol. The summed E-state index contributed by atoms with van der Waals surface area (Å²) < 4.78 is 6.65. The molecule has 0 amide bonds. The largest absolute Gasteiger partial charge is 0.476 e. The molecule has 7 heteroatoms. The van der Waals surface area contributed by atoms with Crippen molar-refractivity contribution < 1.29 is 4.74 Å². The fourth-order valence-corrected chi connectivity index (χ4v) is 3.49. The van der Waals surface area contributed by atoms with Gasteiger partial charge in [0.1, 0.15) is 5.82 Å². The zero-order valence-electron chi connectivity index (χ0n) is 12.0. The summed E-state index contributed by atoms with van der Waals surface area (Å²) in [5.74, 6) is 1.96. The zero-order valence-corrected chi connectivity index (χ0v) is 14.3. The summed E-state index contributed by atoms with van der Waals surface area (Å²) in [6, 6.07) is 1.88. The molecule has 2 aromatic rings. The van der Waals surface area contributed by atoms with Crippen molar-refractivity contribution in [1.29, 1.82) is 0 Å². The molecule has 2 aromatic heterocycles. The summed E-state index contributed by atoms with van der Waals surface area (Å²) in [5, 5.41) is 0.634. The van der Waals surface area contributed by atoms with Gasteiger partial charge in [-0.25, -0.2) is 9.97 Å². The maximum Gasteiger partial charge on any atom is 0.232 e. The fourth-order valence-electron chi connectivity index (χ4n) is 2.60. The Bertz CT molecular complexity index is 628. The number of anilines is 1. The highest BCUT2D eigenvalue weighted by Gasteiger charge is 2.23. The zero-order chi connectivity index (χ0) is 15.4. The smallest absolute Gasteiger partial charge is 0.232 e. The number of halogens is 2. The summed E-state index contributed by atoms with van der Waals surface area (Å²) >= 11 is 9.50. The van der Waals surface area contributed by atoms with Gasteiger partial charge < -0.3 is 9.64 Å². The van der Waals surface area contributed by atoms with Crippen LogP contribution in [-0.2, 0) is 0 Å². The minimum absolute atomic E-state index is 0.445. The normalized spacial score (nSPS) is 18.3. The Hall–Kier alpha value is -1.40. The Morgan fingerprint density at radius 3 is 3.00 bits per heavy atom. The Morgan fingerprint density at radius 2 is 2.23 bits per heavy atom. The first-order valence-electron chi connectivity index (χ1n) is 7.17. The molecule has 0 spiro atoms. The quantitative estimate of drug-likeness (QED) is 0.807. The van der Waals surface area contributed by atoms with E-state index in [1.54, 1.807) is 24.8 Å². The lowest BCUT2D eigenvalue weighted by Gasteiger charge is -2.33. The van der Waals surface area contributed by atoms with E-state index in [0.717, 1.165) is 36.2 Å². The molecule has 0 radical (unpaired) electrons. The third-order valence-electron chi connectivity index (χ3n) is 3.61. The van der Waals surface area contributed by atoms with Crippen molar-refractivity contribution >= 4 is 33.3 Å². The maximum atomic E-state index is 5.96. The summed E-state index contributed by atoms with van der Waals surface area (Å²) in [5.41, 5.74) is 0. The van der Waals surface area contributed by atoms with E-state index in [-0.39, 0.29) is 0 Å². The van der Waals surface area contributed by atoms with Crippen LogP contribution in [0.4, 0.5) is 5.82 Å². The van der Waals surface area contributed by atoms with Crippen LogP contribution >= 0.6 is 27.5 Å². The van der Waals surface area contributed by atoms with Gasteiger partial charge in [-0.1, -0.05) is 11.6 Å². The van der Waals surface area contributed by atoms with Crippen LogP contribution in [0.5, 0.6) is 5.88 Å². The molecule has 3 heterocycles. The third-order valence-corrected chi connectivity index (χ3v) is 4.40. The van der Waals surface area contributed by atoms with Crippen molar-refractivity contribution in [2.75, 3.05) is 24.6 Å².